The van der Waals surface area contributed by atoms with Crippen LogP contribution in [0.5, 0.6) is 0 Å². The largest absolute Gasteiger partial charge is 0.393 e. The van der Waals surface area contributed by atoms with E-state index in [9.17, 15) is 9.90 Å². The van der Waals surface area contributed by atoms with Crippen molar-refractivity contribution in [3.8, 4) is 0 Å². The fraction of sp³-hybridized carbons (Fsp3) is 0.889. The minimum Gasteiger partial charge on any atom is -0.393 e. The maximum atomic E-state index is 11.1. The van der Waals surface area contributed by atoms with Gasteiger partial charge in [-0.05, 0) is 19.3 Å². The number of carbonyl (C=O) groups is 1. The first kappa shape index (κ1) is 8.05. The molecule has 1 heterocycles. The molecule has 0 aromatic rings. The second kappa shape index (κ2) is 2.73. The van der Waals surface area contributed by atoms with Crippen LogP contribution in [0.2, 0.25) is 0 Å². The van der Waals surface area contributed by atoms with Crippen molar-refractivity contribution in [3.63, 3.8) is 0 Å². The Morgan fingerprint density at radius 3 is 2.83 bits per heavy atom. The van der Waals surface area contributed by atoms with Gasteiger partial charge in [-0.3, -0.25) is 4.79 Å². The highest BCUT2D eigenvalue weighted by molar-refractivity contribution is 5.74. The number of hydrogen-bond donors (Lipinski definition) is 1. The van der Waals surface area contributed by atoms with Crippen LogP contribution in [0.25, 0.3) is 0 Å². The first-order valence-electron chi connectivity index (χ1n) is 4.63. The Balaban J connectivity index is 2.10. The van der Waals surface area contributed by atoms with Crippen molar-refractivity contribution in [3.05, 3.63) is 0 Å². The molecule has 2 rings (SSSR count). The van der Waals surface area contributed by atoms with Crippen molar-refractivity contribution >= 4 is 5.91 Å². The SMILES string of the molecule is CC(=O)N1C[C@H]2C[C@@H]1CC[C@@H]2O. The highest BCUT2D eigenvalue weighted by Gasteiger charge is 2.40. The Kier molecular flexibility index (Phi) is 1.83. The van der Waals surface area contributed by atoms with Gasteiger partial charge in [0.2, 0.25) is 5.91 Å². The fourth-order valence-electron chi connectivity index (χ4n) is 2.49. The van der Waals surface area contributed by atoms with E-state index in [0.717, 1.165) is 25.8 Å². The molecule has 1 aliphatic carbocycles. The number of aliphatic hydroxyl groups excluding tert-OH is 1. The topological polar surface area (TPSA) is 40.5 Å². The first-order valence-corrected chi connectivity index (χ1v) is 4.63. The van der Waals surface area contributed by atoms with Crippen LogP contribution in [-0.2, 0) is 4.79 Å². The summed E-state index contributed by atoms with van der Waals surface area (Å²) in [7, 11) is 0. The Morgan fingerprint density at radius 2 is 2.25 bits per heavy atom. The van der Waals surface area contributed by atoms with E-state index in [1.807, 2.05) is 4.90 Å². The van der Waals surface area contributed by atoms with Crippen molar-refractivity contribution < 1.29 is 9.90 Å². The predicted octanol–water partition coefficient (Wildman–Crippen LogP) is 0.378. The molecule has 2 fully saturated rings. The zero-order chi connectivity index (χ0) is 8.72. The smallest absolute Gasteiger partial charge is 0.219 e. The minimum absolute atomic E-state index is 0.161. The van der Waals surface area contributed by atoms with Gasteiger partial charge in [0.05, 0.1) is 6.10 Å². The summed E-state index contributed by atoms with van der Waals surface area (Å²) in [4.78, 5) is 13.1. The molecule has 0 unspecified atom stereocenters. The number of fused-ring (bicyclic) bond motifs is 2. The molecule has 1 aliphatic heterocycles. The third kappa shape index (κ3) is 1.12. The van der Waals surface area contributed by atoms with E-state index in [4.69, 9.17) is 0 Å². The van der Waals surface area contributed by atoms with Gasteiger partial charge in [-0.25, -0.2) is 0 Å². The van der Waals surface area contributed by atoms with Gasteiger partial charge in [0.25, 0.3) is 0 Å². The summed E-state index contributed by atoms with van der Waals surface area (Å²) in [5.41, 5.74) is 0. The summed E-state index contributed by atoms with van der Waals surface area (Å²) in [5, 5.41) is 9.56. The van der Waals surface area contributed by atoms with Crippen LogP contribution in [0, 0.1) is 5.92 Å². The molecular weight excluding hydrogens is 154 g/mol. The van der Waals surface area contributed by atoms with Crippen LogP contribution >= 0.6 is 0 Å². The summed E-state index contributed by atoms with van der Waals surface area (Å²) >= 11 is 0. The lowest BCUT2D eigenvalue weighted by molar-refractivity contribution is -0.129. The van der Waals surface area contributed by atoms with Crippen molar-refractivity contribution in [1.82, 2.24) is 4.90 Å². The molecule has 1 amide bonds. The van der Waals surface area contributed by atoms with Gasteiger partial charge in [-0.1, -0.05) is 0 Å². The summed E-state index contributed by atoms with van der Waals surface area (Å²) in [6.45, 7) is 2.40. The molecule has 3 nitrogen and oxygen atoms in total. The quantitative estimate of drug-likeness (QED) is 0.569. The molecule has 12 heavy (non-hydrogen) atoms. The number of amides is 1. The van der Waals surface area contributed by atoms with Crippen LogP contribution in [0.3, 0.4) is 0 Å². The van der Waals surface area contributed by atoms with E-state index in [1.54, 1.807) is 6.92 Å². The van der Waals surface area contributed by atoms with E-state index in [-0.39, 0.29) is 12.0 Å². The van der Waals surface area contributed by atoms with E-state index in [0.29, 0.717) is 12.0 Å². The van der Waals surface area contributed by atoms with Crippen LogP contribution < -0.4 is 0 Å². The molecule has 1 saturated heterocycles. The third-order valence-corrected chi connectivity index (χ3v) is 3.19. The zero-order valence-corrected chi connectivity index (χ0v) is 7.36. The number of nitrogens with zero attached hydrogens (tertiary/aromatic N) is 1. The van der Waals surface area contributed by atoms with Gasteiger partial charge in [-0.15, -0.1) is 0 Å². The molecule has 0 aromatic carbocycles. The van der Waals surface area contributed by atoms with E-state index in [1.165, 1.54) is 0 Å². The van der Waals surface area contributed by atoms with Crippen molar-refractivity contribution in [2.75, 3.05) is 6.54 Å². The molecule has 68 valence electrons. The highest BCUT2D eigenvalue weighted by atomic mass is 16.3. The second-order valence-corrected chi connectivity index (χ2v) is 3.97. The standard InChI is InChI=1S/C9H15NO2/c1-6(11)10-5-7-4-8(10)2-3-9(7)12/h7-9,12H,2-5H2,1H3/t7-,8+,9+/m1/s1. The summed E-state index contributed by atoms with van der Waals surface area (Å²) in [6.07, 6.45) is 2.71. The van der Waals surface area contributed by atoms with Gasteiger partial charge < -0.3 is 10.0 Å². The van der Waals surface area contributed by atoms with Crippen LogP contribution in [0.4, 0.5) is 0 Å². The summed E-state index contributed by atoms with van der Waals surface area (Å²) < 4.78 is 0. The summed E-state index contributed by atoms with van der Waals surface area (Å²) in [6, 6.07) is 0.427. The maximum absolute atomic E-state index is 11.1. The van der Waals surface area contributed by atoms with Crippen molar-refractivity contribution in [1.29, 1.82) is 0 Å². The van der Waals surface area contributed by atoms with Gasteiger partial charge >= 0.3 is 0 Å². The third-order valence-electron chi connectivity index (χ3n) is 3.19. The molecule has 0 spiro atoms. The van der Waals surface area contributed by atoms with Gasteiger partial charge in [0, 0.05) is 25.4 Å². The molecule has 1 saturated carbocycles. The van der Waals surface area contributed by atoms with E-state index < -0.39 is 0 Å². The molecule has 2 aliphatic rings. The zero-order valence-electron chi connectivity index (χ0n) is 7.36. The minimum atomic E-state index is -0.161. The first-order chi connectivity index (χ1) is 5.68. The molecule has 3 atom stereocenters. The van der Waals surface area contributed by atoms with Gasteiger partial charge in [-0.2, -0.15) is 0 Å². The fourth-order valence-corrected chi connectivity index (χ4v) is 2.49. The lowest BCUT2D eigenvalue weighted by atomic mass is 9.88. The molecule has 0 radical (unpaired) electrons. The second-order valence-electron chi connectivity index (χ2n) is 3.97. The predicted molar refractivity (Wildman–Crippen MR) is 44.5 cm³/mol. The molecule has 0 aromatic heterocycles. The Morgan fingerprint density at radius 1 is 1.50 bits per heavy atom. The maximum Gasteiger partial charge on any atom is 0.219 e. The molecule has 3 heteroatoms. The average molecular weight is 169 g/mol. The molecule has 2 bridgehead atoms. The molecular formula is C9H15NO2. The van der Waals surface area contributed by atoms with Crippen LogP contribution in [-0.4, -0.2) is 34.6 Å². The number of aliphatic hydroxyl groups is 1. The summed E-state index contributed by atoms with van der Waals surface area (Å²) in [5.74, 6) is 0.518. The monoisotopic (exact) mass is 169 g/mol. The number of likely N-dealkylation sites (tertiary alicyclic amines) is 1. The number of hydrogen-bond acceptors (Lipinski definition) is 2. The van der Waals surface area contributed by atoms with Gasteiger partial charge in [0.15, 0.2) is 0 Å². The van der Waals surface area contributed by atoms with Crippen LogP contribution in [0.1, 0.15) is 26.2 Å². The van der Waals surface area contributed by atoms with E-state index in [2.05, 4.69) is 0 Å². The highest BCUT2D eigenvalue weighted by Crippen LogP contribution is 2.35. The number of rotatable bonds is 0. The lowest BCUT2D eigenvalue weighted by Crippen LogP contribution is -2.33. The average Bonchev–Trinajstić information content (AvgIpc) is 2.37. The Labute approximate surface area is 72.4 Å². The van der Waals surface area contributed by atoms with Crippen LogP contribution in [0.15, 0.2) is 0 Å². The lowest BCUT2D eigenvalue weighted by Gasteiger charge is -2.24. The Bertz CT molecular complexity index is 205. The normalized spacial score (nSPS) is 40.2. The van der Waals surface area contributed by atoms with Gasteiger partial charge in [0.1, 0.15) is 0 Å². The Hall–Kier alpha value is -0.570. The number of carbonyl (C=O) groups excluding carboxylic acids is 1. The van der Waals surface area contributed by atoms with E-state index >= 15 is 0 Å². The van der Waals surface area contributed by atoms with Crippen molar-refractivity contribution in [2.24, 2.45) is 5.92 Å². The van der Waals surface area contributed by atoms with Crippen molar-refractivity contribution in [2.45, 2.75) is 38.3 Å². The molecule has 1 N–H and O–H groups in total.